The maximum absolute atomic E-state index is 12.5. The van der Waals surface area contributed by atoms with Crippen molar-refractivity contribution in [1.82, 2.24) is 0 Å². The Morgan fingerprint density at radius 1 is 0.920 bits per heavy atom. The molecule has 2 fully saturated rings. The fourth-order valence-electron chi connectivity index (χ4n) is 5.12. The van der Waals surface area contributed by atoms with Crippen molar-refractivity contribution in [2.45, 2.75) is 54.6 Å². The van der Waals surface area contributed by atoms with Crippen LogP contribution in [0.25, 0.3) is 11.1 Å². The molecule has 1 aliphatic carbocycles. The van der Waals surface area contributed by atoms with Crippen LogP contribution in [-0.4, -0.2) is 24.0 Å². The number of fused-ring (bicyclic) bond motifs is 5. The molecular weight excluding hydrogens is 332 g/mol. The molecule has 2 atom stereocenters. The molecular formula is C21H22O3S. The number of aliphatic hydroxyl groups is 1. The van der Waals surface area contributed by atoms with Crippen LogP contribution in [0, 0.1) is 0 Å². The zero-order valence-electron chi connectivity index (χ0n) is 14.1. The summed E-state index contributed by atoms with van der Waals surface area (Å²) >= 11 is 0. The lowest BCUT2D eigenvalue weighted by Crippen LogP contribution is -2.50. The van der Waals surface area contributed by atoms with Gasteiger partial charge in [-0.2, -0.15) is 0 Å². The van der Waals surface area contributed by atoms with Gasteiger partial charge in [0, 0.05) is 0 Å². The van der Waals surface area contributed by atoms with Gasteiger partial charge in [0.1, 0.15) is 0 Å². The highest BCUT2D eigenvalue weighted by Crippen LogP contribution is 2.47. The van der Waals surface area contributed by atoms with E-state index in [1.807, 2.05) is 6.07 Å². The average molecular weight is 354 g/mol. The standard InChI is InChI=1S/C21H22O3S/c22-21(12-17-5-3-6-18(13-21)25(17,23)24)16-8-9-20-15(11-16)10-14-4-1-2-7-19(14)20/h1-2,4,7-9,11,17-18,22H,3,5-6,10,12-13H2. The van der Waals surface area contributed by atoms with E-state index in [4.69, 9.17) is 0 Å². The molecule has 2 heterocycles. The third-order valence-electron chi connectivity index (χ3n) is 6.44. The molecule has 3 nitrogen and oxygen atoms in total. The SMILES string of the molecule is O=S1(=O)C2CCCC1CC(O)(c1ccc3c(c1)Cc1ccccc1-3)C2. The zero-order valence-corrected chi connectivity index (χ0v) is 14.9. The van der Waals surface area contributed by atoms with E-state index in [9.17, 15) is 13.5 Å². The topological polar surface area (TPSA) is 54.4 Å². The fraction of sp³-hybridized carbons (Fsp3) is 0.429. The van der Waals surface area contributed by atoms with E-state index in [0.717, 1.165) is 18.4 Å². The highest BCUT2D eigenvalue weighted by atomic mass is 32.2. The lowest BCUT2D eigenvalue weighted by molar-refractivity contribution is 0.00497. The molecule has 1 N–H and O–H groups in total. The zero-order chi connectivity index (χ0) is 17.2. The Kier molecular flexibility index (Phi) is 3.23. The summed E-state index contributed by atoms with van der Waals surface area (Å²) in [6, 6.07) is 14.6. The Morgan fingerprint density at radius 2 is 1.60 bits per heavy atom. The first kappa shape index (κ1) is 15.6. The molecule has 0 aromatic heterocycles. The van der Waals surface area contributed by atoms with Crippen molar-refractivity contribution in [3.05, 3.63) is 59.2 Å². The molecule has 2 unspecified atom stereocenters. The highest BCUT2D eigenvalue weighted by molar-refractivity contribution is 7.92. The summed E-state index contributed by atoms with van der Waals surface area (Å²) in [6.45, 7) is 0. The van der Waals surface area contributed by atoms with Crippen LogP contribution < -0.4 is 0 Å². The molecule has 2 aliphatic heterocycles. The summed E-state index contributed by atoms with van der Waals surface area (Å²) in [5.74, 6) is 0. The van der Waals surface area contributed by atoms with Crippen molar-refractivity contribution in [2.24, 2.45) is 0 Å². The molecule has 4 heteroatoms. The average Bonchev–Trinajstić information content (AvgIpc) is 2.94. The number of hydrogen-bond acceptors (Lipinski definition) is 3. The van der Waals surface area contributed by atoms with Gasteiger partial charge >= 0.3 is 0 Å². The Bertz CT molecular complexity index is 941. The molecule has 130 valence electrons. The van der Waals surface area contributed by atoms with Crippen molar-refractivity contribution >= 4 is 9.84 Å². The predicted molar refractivity (Wildman–Crippen MR) is 98.2 cm³/mol. The largest absolute Gasteiger partial charge is 0.385 e. The van der Waals surface area contributed by atoms with Gasteiger partial charge in [0.15, 0.2) is 9.84 Å². The van der Waals surface area contributed by atoms with Gasteiger partial charge in [-0.15, -0.1) is 0 Å². The van der Waals surface area contributed by atoms with Gasteiger partial charge in [-0.3, -0.25) is 0 Å². The van der Waals surface area contributed by atoms with Crippen LogP contribution in [0.2, 0.25) is 0 Å². The first-order valence-corrected chi connectivity index (χ1v) is 10.8. The van der Waals surface area contributed by atoms with Gasteiger partial charge in [-0.25, -0.2) is 8.42 Å². The molecule has 2 bridgehead atoms. The van der Waals surface area contributed by atoms with E-state index in [1.165, 1.54) is 22.3 Å². The number of rotatable bonds is 1. The monoisotopic (exact) mass is 354 g/mol. The molecule has 0 saturated carbocycles. The summed E-state index contributed by atoms with van der Waals surface area (Å²) < 4.78 is 25.1. The van der Waals surface area contributed by atoms with Crippen LogP contribution in [0.15, 0.2) is 42.5 Å². The van der Waals surface area contributed by atoms with Gasteiger partial charge in [0.25, 0.3) is 0 Å². The van der Waals surface area contributed by atoms with Crippen LogP contribution in [0.1, 0.15) is 48.8 Å². The van der Waals surface area contributed by atoms with Gasteiger partial charge < -0.3 is 5.11 Å². The molecule has 2 saturated heterocycles. The minimum atomic E-state index is -3.06. The van der Waals surface area contributed by atoms with Crippen molar-refractivity contribution in [1.29, 1.82) is 0 Å². The molecule has 5 rings (SSSR count). The van der Waals surface area contributed by atoms with Gasteiger partial charge in [0.05, 0.1) is 16.1 Å². The quantitative estimate of drug-likeness (QED) is 0.727. The normalized spacial score (nSPS) is 32.0. The maximum Gasteiger partial charge on any atom is 0.156 e. The lowest BCUT2D eigenvalue weighted by Gasteiger charge is -2.44. The summed E-state index contributed by atoms with van der Waals surface area (Å²) in [7, 11) is -3.06. The maximum atomic E-state index is 12.5. The van der Waals surface area contributed by atoms with E-state index < -0.39 is 15.4 Å². The van der Waals surface area contributed by atoms with Gasteiger partial charge in [-0.05, 0) is 59.9 Å². The van der Waals surface area contributed by atoms with Crippen molar-refractivity contribution in [2.75, 3.05) is 0 Å². The summed E-state index contributed by atoms with van der Waals surface area (Å²) in [5, 5.41) is 10.6. The first-order valence-electron chi connectivity index (χ1n) is 9.14. The summed E-state index contributed by atoms with van der Waals surface area (Å²) in [6.07, 6.45) is 3.93. The second-order valence-electron chi connectivity index (χ2n) is 7.91. The van der Waals surface area contributed by atoms with E-state index in [-0.39, 0.29) is 10.5 Å². The number of hydrogen-bond donors (Lipinski definition) is 1. The van der Waals surface area contributed by atoms with Crippen LogP contribution in [-0.2, 0) is 21.9 Å². The van der Waals surface area contributed by atoms with Gasteiger partial charge in [0.2, 0.25) is 0 Å². The van der Waals surface area contributed by atoms with Crippen LogP contribution >= 0.6 is 0 Å². The second kappa shape index (κ2) is 5.18. The van der Waals surface area contributed by atoms with E-state index in [0.29, 0.717) is 25.7 Å². The Hall–Kier alpha value is -1.65. The smallest absolute Gasteiger partial charge is 0.156 e. The fourth-order valence-corrected chi connectivity index (χ4v) is 7.67. The Morgan fingerprint density at radius 3 is 2.36 bits per heavy atom. The first-order chi connectivity index (χ1) is 12.0. The third kappa shape index (κ3) is 2.24. The minimum Gasteiger partial charge on any atom is -0.385 e. The Labute approximate surface area is 148 Å². The summed E-state index contributed by atoms with van der Waals surface area (Å²) in [4.78, 5) is 0. The van der Waals surface area contributed by atoms with E-state index >= 15 is 0 Å². The molecule has 2 aromatic carbocycles. The lowest BCUT2D eigenvalue weighted by atomic mass is 9.79. The van der Waals surface area contributed by atoms with E-state index in [2.05, 4.69) is 36.4 Å². The summed E-state index contributed by atoms with van der Waals surface area (Å²) in [5.41, 5.74) is 4.97. The number of benzene rings is 2. The molecule has 0 spiro atoms. The molecule has 0 radical (unpaired) electrons. The minimum absolute atomic E-state index is 0.345. The molecule has 3 aliphatic rings. The molecule has 0 amide bonds. The highest BCUT2D eigenvalue weighted by Gasteiger charge is 2.51. The van der Waals surface area contributed by atoms with Crippen LogP contribution in [0.5, 0.6) is 0 Å². The van der Waals surface area contributed by atoms with Crippen molar-refractivity contribution in [3.63, 3.8) is 0 Å². The Balaban J connectivity index is 1.54. The van der Waals surface area contributed by atoms with E-state index in [1.54, 1.807) is 0 Å². The third-order valence-corrected chi connectivity index (χ3v) is 9.11. The predicted octanol–water partition coefficient (Wildman–Crippen LogP) is 3.58. The van der Waals surface area contributed by atoms with Crippen LogP contribution in [0.4, 0.5) is 0 Å². The van der Waals surface area contributed by atoms with Gasteiger partial charge in [-0.1, -0.05) is 48.9 Å². The van der Waals surface area contributed by atoms with Crippen molar-refractivity contribution in [3.8, 4) is 11.1 Å². The second-order valence-corrected chi connectivity index (χ2v) is 10.4. The van der Waals surface area contributed by atoms with Crippen molar-refractivity contribution < 1.29 is 13.5 Å². The molecule has 2 aromatic rings. The van der Waals surface area contributed by atoms with Crippen LogP contribution in [0.3, 0.4) is 0 Å². The number of sulfone groups is 1. The molecule has 25 heavy (non-hydrogen) atoms.